The Kier molecular flexibility index (Phi) is 5.49. The minimum atomic E-state index is -0.564. The predicted molar refractivity (Wildman–Crippen MR) is 108 cm³/mol. The number of nitrogens with zero attached hydrogens (tertiary/aromatic N) is 2. The lowest BCUT2D eigenvalue weighted by atomic mass is 10.0. The van der Waals surface area contributed by atoms with E-state index in [0.29, 0.717) is 16.7 Å². The van der Waals surface area contributed by atoms with Gasteiger partial charge in [0.05, 0.1) is 11.6 Å². The van der Waals surface area contributed by atoms with Crippen molar-refractivity contribution >= 4 is 17.0 Å². The van der Waals surface area contributed by atoms with Gasteiger partial charge in [-0.1, -0.05) is 24.3 Å². The zero-order chi connectivity index (χ0) is 20.4. The van der Waals surface area contributed by atoms with E-state index < -0.39 is 5.76 Å². The Labute approximate surface area is 167 Å². The molecule has 29 heavy (non-hydrogen) atoms. The molecule has 1 saturated heterocycles. The van der Waals surface area contributed by atoms with Crippen LogP contribution in [-0.2, 0) is 11.3 Å². The van der Waals surface area contributed by atoms with E-state index in [1.165, 1.54) is 10.6 Å². The number of nitrogens with one attached hydrogen (secondary N) is 1. The molecule has 2 aromatic carbocycles. The number of carbonyl (C=O) groups excluding carboxylic acids is 1. The molecule has 0 saturated carbocycles. The largest absolute Gasteiger partial charge is 0.420 e. The highest BCUT2D eigenvalue weighted by atomic mass is 19.1. The highest BCUT2D eigenvalue weighted by Crippen LogP contribution is 2.26. The molecule has 1 aromatic heterocycles. The van der Waals surface area contributed by atoms with Crippen LogP contribution >= 0.6 is 0 Å². The molecule has 2 heterocycles. The molecule has 1 N–H and O–H groups in total. The van der Waals surface area contributed by atoms with Crippen LogP contribution in [0.5, 0.6) is 0 Å². The first kappa shape index (κ1) is 19.4. The molecule has 0 radical (unpaired) electrons. The van der Waals surface area contributed by atoms with Crippen molar-refractivity contribution in [1.82, 2.24) is 14.8 Å². The average Bonchev–Trinajstić information content (AvgIpc) is 3.32. The van der Waals surface area contributed by atoms with Crippen molar-refractivity contribution < 1.29 is 13.6 Å². The monoisotopic (exact) mass is 397 g/mol. The molecule has 6 nitrogen and oxygen atoms in total. The topological polar surface area (TPSA) is 67.5 Å². The lowest BCUT2D eigenvalue weighted by Gasteiger charge is -2.28. The van der Waals surface area contributed by atoms with Gasteiger partial charge in [-0.15, -0.1) is 0 Å². The first-order valence-electron chi connectivity index (χ1n) is 9.88. The Morgan fingerprint density at radius 2 is 1.97 bits per heavy atom. The van der Waals surface area contributed by atoms with Gasteiger partial charge in [-0.05, 0) is 56.6 Å². The Morgan fingerprint density at radius 3 is 2.72 bits per heavy atom. The van der Waals surface area contributed by atoms with Crippen LogP contribution in [0.3, 0.4) is 0 Å². The summed E-state index contributed by atoms with van der Waals surface area (Å²) in [5.74, 6) is -1.14. The van der Waals surface area contributed by atoms with Crippen LogP contribution in [0.1, 0.15) is 30.0 Å². The second kappa shape index (κ2) is 8.21. The van der Waals surface area contributed by atoms with Gasteiger partial charge in [0.1, 0.15) is 12.4 Å². The fraction of sp³-hybridized carbons (Fsp3) is 0.364. The molecule has 1 fully saturated rings. The van der Waals surface area contributed by atoms with Crippen LogP contribution in [0.25, 0.3) is 11.1 Å². The Bertz CT molecular complexity index is 1080. The molecule has 7 heteroatoms. The van der Waals surface area contributed by atoms with Crippen LogP contribution < -0.4 is 11.1 Å². The molecule has 1 atom stereocenters. The van der Waals surface area contributed by atoms with E-state index in [1.54, 1.807) is 18.2 Å². The minimum absolute atomic E-state index is 0.140. The van der Waals surface area contributed by atoms with Crippen molar-refractivity contribution in [3.8, 4) is 0 Å². The second-order valence-corrected chi connectivity index (χ2v) is 7.51. The van der Waals surface area contributed by atoms with Crippen molar-refractivity contribution in [3.05, 3.63) is 70.0 Å². The first-order valence-corrected chi connectivity index (χ1v) is 9.88. The van der Waals surface area contributed by atoms with Gasteiger partial charge in [0, 0.05) is 12.1 Å². The number of rotatable bonds is 6. The molecule has 152 valence electrons. The number of fused-ring (bicyclic) bond motifs is 1. The normalized spacial score (nSPS) is 15.7. The van der Waals surface area contributed by atoms with E-state index in [9.17, 15) is 14.0 Å². The van der Waals surface area contributed by atoms with E-state index in [0.717, 1.165) is 31.5 Å². The van der Waals surface area contributed by atoms with Crippen molar-refractivity contribution in [3.63, 3.8) is 0 Å². The third-order valence-corrected chi connectivity index (χ3v) is 5.46. The summed E-state index contributed by atoms with van der Waals surface area (Å²) in [6.45, 7) is 3.80. The van der Waals surface area contributed by atoms with Crippen LogP contribution in [0.15, 0.2) is 51.7 Å². The molecule has 1 aliphatic heterocycles. The smallest absolute Gasteiger partial charge is 0.408 e. The number of halogens is 1. The third kappa shape index (κ3) is 4.10. The van der Waals surface area contributed by atoms with Crippen LogP contribution in [-0.4, -0.2) is 35.0 Å². The summed E-state index contributed by atoms with van der Waals surface area (Å²) in [6.07, 6.45) is 2.13. The van der Waals surface area contributed by atoms with E-state index in [-0.39, 0.29) is 30.9 Å². The lowest BCUT2D eigenvalue weighted by molar-refractivity contribution is -0.121. The number of hydrogen-bond acceptors (Lipinski definition) is 4. The van der Waals surface area contributed by atoms with Gasteiger partial charge in [0.25, 0.3) is 0 Å². The number of likely N-dealkylation sites (tertiary alicyclic amines) is 1. The number of aromatic nitrogens is 1. The van der Waals surface area contributed by atoms with Gasteiger partial charge in [-0.2, -0.15) is 0 Å². The Balaban J connectivity index is 1.50. The van der Waals surface area contributed by atoms with Crippen molar-refractivity contribution in [2.75, 3.05) is 19.6 Å². The number of aryl methyl sites for hydroxylation is 1. The Morgan fingerprint density at radius 1 is 1.21 bits per heavy atom. The Hall–Kier alpha value is -2.93. The zero-order valence-corrected chi connectivity index (χ0v) is 16.4. The van der Waals surface area contributed by atoms with Crippen molar-refractivity contribution in [2.24, 2.45) is 0 Å². The molecule has 0 bridgehead atoms. The fourth-order valence-corrected chi connectivity index (χ4v) is 3.97. The van der Waals surface area contributed by atoms with Crippen LogP contribution in [0.2, 0.25) is 0 Å². The minimum Gasteiger partial charge on any atom is -0.408 e. The maximum Gasteiger partial charge on any atom is 0.420 e. The third-order valence-electron chi connectivity index (χ3n) is 5.46. The quantitative estimate of drug-likeness (QED) is 0.694. The number of oxazole rings is 1. The van der Waals surface area contributed by atoms with Crippen LogP contribution in [0.4, 0.5) is 4.39 Å². The summed E-state index contributed by atoms with van der Waals surface area (Å²) in [5, 5.41) is 2.88. The molecule has 4 rings (SSSR count). The molecular formula is C22H24FN3O3. The van der Waals surface area contributed by atoms with Crippen LogP contribution in [0, 0.1) is 12.7 Å². The van der Waals surface area contributed by atoms with E-state index in [2.05, 4.69) is 10.2 Å². The number of amides is 1. The van der Waals surface area contributed by atoms with E-state index in [4.69, 9.17) is 4.42 Å². The van der Waals surface area contributed by atoms with Gasteiger partial charge in [0.15, 0.2) is 5.58 Å². The lowest BCUT2D eigenvalue weighted by Crippen LogP contribution is -2.39. The van der Waals surface area contributed by atoms with Gasteiger partial charge in [0.2, 0.25) is 5.91 Å². The number of benzene rings is 2. The molecule has 1 aliphatic rings. The average molecular weight is 397 g/mol. The van der Waals surface area contributed by atoms with Crippen molar-refractivity contribution in [1.29, 1.82) is 0 Å². The van der Waals surface area contributed by atoms with Gasteiger partial charge >= 0.3 is 5.76 Å². The fourth-order valence-electron chi connectivity index (χ4n) is 3.97. The van der Waals surface area contributed by atoms with Crippen molar-refractivity contribution in [2.45, 2.75) is 32.4 Å². The molecule has 3 aromatic rings. The molecule has 0 spiro atoms. The zero-order valence-electron chi connectivity index (χ0n) is 16.4. The molecule has 0 aliphatic carbocycles. The summed E-state index contributed by atoms with van der Waals surface area (Å²) in [6, 6.07) is 11.8. The summed E-state index contributed by atoms with van der Waals surface area (Å²) in [4.78, 5) is 27.0. The van der Waals surface area contributed by atoms with E-state index >= 15 is 0 Å². The van der Waals surface area contributed by atoms with Gasteiger partial charge < -0.3 is 9.73 Å². The molecule has 0 unspecified atom stereocenters. The summed E-state index contributed by atoms with van der Waals surface area (Å²) in [5.41, 5.74) is 2.60. The SMILES string of the molecule is Cc1ccc2oc(=O)n(CC(=O)NC[C@H](c3ccccc3F)N3CCCC3)c2c1. The molecular weight excluding hydrogens is 373 g/mol. The number of hydrogen-bond donors (Lipinski definition) is 1. The second-order valence-electron chi connectivity index (χ2n) is 7.51. The summed E-state index contributed by atoms with van der Waals surface area (Å²) in [7, 11) is 0. The predicted octanol–water partition coefficient (Wildman–Crippen LogP) is 3.00. The molecule has 1 amide bonds. The van der Waals surface area contributed by atoms with Gasteiger partial charge in [-0.3, -0.25) is 14.3 Å². The van der Waals surface area contributed by atoms with Gasteiger partial charge in [-0.25, -0.2) is 9.18 Å². The maximum atomic E-state index is 14.4. The summed E-state index contributed by atoms with van der Waals surface area (Å²) >= 11 is 0. The highest BCUT2D eigenvalue weighted by Gasteiger charge is 2.26. The first-order chi connectivity index (χ1) is 14.0. The maximum absolute atomic E-state index is 14.4. The standard InChI is InChI=1S/C22H24FN3O3/c1-15-8-9-20-18(12-15)26(22(28)29-20)14-21(27)24-13-19(25-10-4-5-11-25)16-6-2-3-7-17(16)23/h2-3,6-9,12,19H,4-5,10-11,13-14H2,1H3,(H,24,27)/t19-/m1/s1. The van der Waals surface area contributed by atoms with E-state index in [1.807, 2.05) is 25.1 Å². The summed E-state index contributed by atoms with van der Waals surface area (Å²) < 4.78 is 20.9. The highest BCUT2D eigenvalue weighted by molar-refractivity contribution is 5.79. The number of carbonyl (C=O) groups is 1.